The summed E-state index contributed by atoms with van der Waals surface area (Å²) in [5.74, 6) is -0.559. The molecule has 110 valence electrons. The fraction of sp³-hybridized carbons (Fsp3) is 0.214. The molecule has 2 rings (SSSR count). The topological polar surface area (TPSA) is 91.8 Å². The Morgan fingerprint density at radius 1 is 1.33 bits per heavy atom. The molecule has 0 saturated heterocycles. The number of rotatable bonds is 3. The van der Waals surface area contributed by atoms with Crippen molar-refractivity contribution in [2.24, 2.45) is 5.10 Å². The van der Waals surface area contributed by atoms with E-state index in [0.29, 0.717) is 18.2 Å². The second-order valence-corrected chi connectivity index (χ2v) is 4.22. The minimum Gasteiger partial charge on any atom is -0.480 e. The Kier molecular flexibility index (Phi) is 4.55. The van der Waals surface area contributed by atoms with Crippen LogP contribution in [0.3, 0.4) is 0 Å². The van der Waals surface area contributed by atoms with E-state index in [2.05, 4.69) is 21.2 Å². The van der Waals surface area contributed by atoms with Gasteiger partial charge in [0.1, 0.15) is 5.70 Å². The van der Waals surface area contributed by atoms with Crippen LogP contribution in [0.15, 0.2) is 41.1 Å². The fourth-order valence-corrected chi connectivity index (χ4v) is 1.73. The van der Waals surface area contributed by atoms with Crippen molar-refractivity contribution in [2.45, 2.75) is 13.8 Å². The molecule has 3 N–H and O–H groups in total. The van der Waals surface area contributed by atoms with E-state index in [4.69, 9.17) is 4.74 Å². The van der Waals surface area contributed by atoms with E-state index in [1.807, 2.05) is 19.1 Å². The van der Waals surface area contributed by atoms with Gasteiger partial charge in [-0.3, -0.25) is 9.59 Å². The van der Waals surface area contributed by atoms with Crippen LogP contribution in [0.5, 0.6) is 0 Å². The van der Waals surface area contributed by atoms with Crippen LogP contribution in [0.4, 0.5) is 11.4 Å². The molecule has 1 aromatic carbocycles. The van der Waals surface area contributed by atoms with Gasteiger partial charge in [-0.2, -0.15) is 0 Å². The number of amides is 2. The highest BCUT2D eigenvalue weighted by Crippen LogP contribution is 2.26. The smallest absolute Gasteiger partial charge is 0.272 e. The van der Waals surface area contributed by atoms with Crippen molar-refractivity contribution in [3.8, 4) is 0 Å². The average Bonchev–Trinajstić information content (AvgIpc) is 2.46. The molecule has 0 spiro atoms. The summed E-state index contributed by atoms with van der Waals surface area (Å²) >= 11 is 0. The largest absolute Gasteiger partial charge is 0.480 e. The number of fused-ring (bicyclic) bond motifs is 1. The number of ether oxygens (including phenoxy) is 1. The van der Waals surface area contributed by atoms with Crippen molar-refractivity contribution >= 4 is 29.1 Å². The molecule has 2 amide bonds. The Morgan fingerprint density at radius 3 is 2.67 bits per heavy atom. The number of para-hydroxylation sites is 2. The molecular weight excluding hydrogens is 272 g/mol. The summed E-state index contributed by atoms with van der Waals surface area (Å²) in [6, 6.07) is 7.22. The van der Waals surface area contributed by atoms with Gasteiger partial charge in [0.15, 0.2) is 0 Å². The van der Waals surface area contributed by atoms with Crippen molar-refractivity contribution in [2.75, 3.05) is 17.2 Å². The molecule has 0 saturated carbocycles. The van der Waals surface area contributed by atoms with Crippen molar-refractivity contribution in [1.82, 2.24) is 5.43 Å². The Bertz CT molecular complexity index is 622. The minimum atomic E-state index is -0.522. The SMILES string of the molecule is CCO/C(C)=N\NC(=O)/C=C1\Nc2ccccc2NC1=O. The Morgan fingerprint density at radius 2 is 2.00 bits per heavy atom. The van der Waals surface area contributed by atoms with Gasteiger partial charge in [0.25, 0.3) is 11.8 Å². The molecule has 0 aliphatic carbocycles. The first-order valence-electron chi connectivity index (χ1n) is 6.46. The standard InChI is InChI=1S/C14H16N4O3/c1-3-21-9(2)17-18-13(19)8-12-14(20)16-11-7-5-4-6-10(11)15-12/h4-8,15H,3H2,1-2H3,(H,16,20)(H,18,19)/b12-8-,17-9-. The lowest BCUT2D eigenvalue weighted by Gasteiger charge is -2.20. The Labute approximate surface area is 122 Å². The van der Waals surface area contributed by atoms with E-state index in [9.17, 15) is 9.59 Å². The number of benzene rings is 1. The lowest BCUT2D eigenvalue weighted by molar-refractivity contribution is -0.117. The Hall–Kier alpha value is -2.83. The second-order valence-electron chi connectivity index (χ2n) is 4.22. The number of hydrogen-bond donors (Lipinski definition) is 3. The number of hydrazone groups is 1. The van der Waals surface area contributed by atoms with Crippen LogP contribution >= 0.6 is 0 Å². The molecule has 0 radical (unpaired) electrons. The zero-order valence-electron chi connectivity index (χ0n) is 11.8. The normalized spacial score (nSPS) is 15.8. The minimum absolute atomic E-state index is 0.149. The highest BCUT2D eigenvalue weighted by molar-refractivity contribution is 6.13. The summed E-state index contributed by atoms with van der Waals surface area (Å²) < 4.78 is 5.07. The number of nitrogens with zero attached hydrogens (tertiary/aromatic N) is 1. The summed E-state index contributed by atoms with van der Waals surface area (Å²) in [6.07, 6.45) is 1.15. The first kappa shape index (κ1) is 14.6. The number of carbonyl (C=O) groups excluding carboxylic acids is 2. The van der Waals surface area contributed by atoms with Gasteiger partial charge in [0, 0.05) is 13.0 Å². The molecular formula is C14H16N4O3. The number of nitrogens with one attached hydrogen (secondary N) is 3. The first-order chi connectivity index (χ1) is 10.1. The third kappa shape index (κ3) is 3.82. The van der Waals surface area contributed by atoms with Gasteiger partial charge in [-0.15, -0.1) is 5.10 Å². The van der Waals surface area contributed by atoms with E-state index < -0.39 is 5.91 Å². The van der Waals surface area contributed by atoms with Gasteiger partial charge in [-0.1, -0.05) is 12.1 Å². The Balaban J connectivity index is 2.06. The zero-order valence-corrected chi connectivity index (χ0v) is 11.8. The summed E-state index contributed by atoms with van der Waals surface area (Å²) in [5.41, 5.74) is 3.83. The third-order valence-corrected chi connectivity index (χ3v) is 2.64. The van der Waals surface area contributed by atoms with E-state index in [1.165, 1.54) is 0 Å². The van der Waals surface area contributed by atoms with Crippen molar-refractivity contribution in [1.29, 1.82) is 0 Å². The highest BCUT2D eigenvalue weighted by Gasteiger charge is 2.19. The third-order valence-electron chi connectivity index (χ3n) is 2.64. The van der Waals surface area contributed by atoms with Crippen LogP contribution in [0.1, 0.15) is 13.8 Å². The summed E-state index contributed by atoms with van der Waals surface area (Å²) in [6.45, 7) is 3.91. The monoisotopic (exact) mass is 288 g/mol. The molecule has 1 heterocycles. The van der Waals surface area contributed by atoms with E-state index in [0.717, 1.165) is 11.8 Å². The van der Waals surface area contributed by atoms with Gasteiger partial charge >= 0.3 is 0 Å². The van der Waals surface area contributed by atoms with Gasteiger partial charge in [-0.05, 0) is 19.1 Å². The first-order valence-corrected chi connectivity index (χ1v) is 6.46. The maximum absolute atomic E-state index is 11.9. The van der Waals surface area contributed by atoms with Crippen LogP contribution in [0.2, 0.25) is 0 Å². The van der Waals surface area contributed by atoms with Crippen molar-refractivity contribution < 1.29 is 14.3 Å². The maximum Gasteiger partial charge on any atom is 0.272 e. The summed E-state index contributed by atoms with van der Waals surface area (Å²) in [4.78, 5) is 23.6. The van der Waals surface area contributed by atoms with Gasteiger partial charge in [0.2, 0.25) is 5.90 Å². The molecule has 0 unspecified atom stereocenters. The predicted molar refractivity (Wildman–Crippen MR) is 79.7 cm³/mol. The fourth-order valence-electron chi connectivity index (χ4n) is 1.73. The zero-order chi connectivity index (χ0) is 15.2. The number of carbonyl (C=O) groups is 2. The molecule has 1 aliphatic heterocycles. The molecule has 0 fully saturated rings. The van der Waals surface area contributed by atoms with Gasteiger partial charge in [0.05, 0.1) is 18.0 Å². The van der Waals surface area contributed by atoms with E-state index in [1.54, 1.807) is 19.1 Å². The van der Waals surface area contributed by atoms with E-state index in [-0.39, 0.29) is 11.6 Å². The van der Waals surface area contributed by atoms with Crippen LogP contribution < -0.4 is 16.1 Å². The molecule has 0 bridgehead atoms. The maximum atomic E-state index is 11.9. The summed E-state index contributed by atoms with van der Waals surface area (Å²) in [5, 5.41) is 9.33. The lowest BCUT2D eigenvalue weighted by atomic mass is 10.2. The van der Waals surface area contributed by atoms with Crippen LogP contribution in [-0.4, -0.2) is 24.3 Å². The van der Waals surface area contributed by atoms with Crippen LogP contribution in [0.25, 0.3) is 0 Å². The quantitative estimate of drug-likeness (QED) is 0.339. The van der Waals surface area contributed by atoms with Crippen LogP contribution in [-0.2, 0) is 14.3 Å². The van der Waals surface area contributed by atoms with Crippen LogP contribution in [0, 0.1) is 0 Å². The summed E-state index contributed by atoms with van der Waals surface area (Å²) in [7, 11) is 0. The van der Waals surface area contributed by atoms with Gasteiger partial charge in [-0.25, -0.2) is 5.43 Å². The second kappa shape index (κ2) is 6.56. The molecule has 21 heavy (non-hydrogen) atoms. The van der Waals surface area contributed by atoms with Crippen molar-refractivity contribution in [3.05, 3.63) is 36.0 Å². The number of hydrogen-bond acceptors (Lipinski definition) is 5. The van der Waals surface area contributed by atoms with E-state index >= 15 is 0 Å². The molecule has 0 aromatic heterocycles. The molecule has 0 atom stereocenters. The molecule has 7 nitrogen and oxygen atoms in total. The molecule has 1 aliphatic rings. The van der Waals surface area contributed by atoms with Gasteiger partial charge < -0.3 is 15.4 Å². The van der Waals surface area contributed by atoms with Crippen molar-refractivity contribution in [3.63, 3.8) is 0 Å². The lowest BCUT2D eigenvalue weighted by Crippen LogP contribution is -2.28. The molecule has 1 aromatic rings. The molecule has 7 heteroatoms. The average molecular weight is 288 g/mol. The number of anilines is 2. The predicted octanol–water partition coefficient (Wildman–Crippen LogP) is 1.42. The highest BCUT2D eigenvalue weighted by atomic mass is 16.5.